The highest BCUT2D eigenvalue weighted by atomic mass is 32.2. The summed E-state index contributed by atoms with van der Waals surface area (Å²) in [6.07, 6.45) is 1.34. The zero-order valence-electron chi connectivity index (χ0n) is 19.3. The Hall–Kier alpha value is -1.81. The Morgan fingerprint density at radius 2 is 1.65 bits per heavy atom. The van der Waals surface area contributed by atoms with Gasteiger partial charge in [0.25, 0.3) is 10.0 Å². The van der Waals surface area contributed by atoms with Crippen LogP contribution in [-0.4, -0.2) is 33.3 Å². The molecule has 1 unspecified atom stereocenters. The van der Waals surface area contributed by atoms with Crippen molar-refractivity contribution >= 4 is 27.4 Å². The van der Waals surface area contributed by atoms with Crippen LogP contribution in [0.2, 0.25) is 0 Å². The van der Waals surface area contributed by atoms with Crippen LogP contribution in [0.15, 0.2) is 41.4 Å². The van der Waals surface area contributed by atoms with Crippen molar-refractivity contribution in [3.05, 3.63) is 53.3 Å². The third-order valence-corrected chi connectivity index (χ3v) is 7.72. The Morgan fingerprint density at radius 3 is 2.13 bits per heavy atom. The standard InChI is InChI=1S/C22H32N2O5S2/c1-15-9-11-17(12-10-15)31(27,28)24-14-13-18(20(25)29-21(3,4)5)19(24)16(2)23-30(26)22(6,7)8/h9-14,16,23H,1-8H3/t16-,30?/m1/s1. The highest BCUT2D eigenvalue weighted by Crippen LogP contribution is 2.28. The van der Waals surface area contributed by atoms with Gasteiger partial charge in [-0.1, -0.05) is 17.7 Å². The number of hydrogen-bond donors (Lipinski definition) is 1. The van der Waals surface area contributed by atoms with Gasteiger partial charge in [0, 0.05) is 17.6 Å². The van der Waals surface area contributed by atoms with Crippen molar-refractivity contribution < 1.29 is 22.5 Å². The van der Waals surface area contributed by atoms with Gasteiger partial charge < -0.3 is 9.29 Å². The molecule has 0 fully saturated rings. The molecule has 1 N–H and O–H groups in total. The second kappa shape index (κ2) is 8.97. The Bertz CT molecular complexity index is 1030. The highest BCUT2D eigenvalue weighted by Gasteiger charge is 2.34. The first-order valence-corrected chi connectivity index (χ1v) is 12.6. The van der Waals surface area contributed by atoms with E-state index in [1.54, 1.807) is 60.6 Å². The molecule has 1 heterocycles. The number of nitrogens with zero attached hydrogens (tertiary/aromatic N) is 1. The van der Waals surface area contributed by atoms with Gasteiger partial charge in [-0.15, -0.1) is 4.72 Å². The van der Waals surface area contributed by atoms with E-state index >= 15 is 0 Å². The van der Waals surface area contributed by atoms with Crippen LogP contribution in [-0.2, 0) is 26.1 Å². The molecule has 1 aromatic carbocycles. The summed E-state index contributed by atoms with van der Waals surface area (Å²) in [7, 11) is -3.99. The molecule has 0 saturated carbocycles. The average Bonchev–Trinajstić information content (AvgIpc) is 3.06. The summed E-state index contributed by atoms with van der Waals surface area (Å²) in [6, 6.07) is 7.17. The van der Waals surface area contributed by atoms with E-state index < -0.39 is 43.7 Å². The second-order valence-corrected chi connectivity index (χ2v) is 13.3. The number of rotatable bonds is 6. The molecule has 2 rings (SSSR count). The van der Waals surface area contributed by atoms with E-state index in [2.05, 4.69) is 4.72 Å². The number of ether oxygens (including phenoxy) is 1. The minimum Gasteiger partial charge on any atom is -0.598 e. The normalized spacial score (nSPS) is 14.9. The average molecular weight is 469 g/mol. The number of carbonyl (C=O) groups is 1. The van der Waals surface area contributed by atoms with E-state index in [1.165, 1.54) is 24.4 Å². The molecular weight excluding hydrogens is 436 g/mol. The minimum atomic E-state index is -3.99. The fourth-order valence-corrected chi connectivity index (χ4v) is 5.01. The van der Waals surface area contributed by atoms with Crippen molar-refractivity contribution in [3.63, 3.8) is 0 Å². The summed E-state index contributed by atoms with van der Waals surface area (Å²) in [5.74, 6) is -0.643. The van der Waals surface area contributed by atoms with Crippen LogP contribution in [0.25, 0.3) is 0 Å². The third kappa shape index (κ3) is 6.12. The fraction of sp³-hybridized carbons (Fsp3) is 0.500. The molecule has 172 valence electrons. The summed E-state index contributed by atoms with van der Waals surface area (Å²) in [5, 5.41) is 0. The molecule has 31 heavy (non-hydrogen) atoms. The molecule has 2 atom stereocenters. The third-order valence-electron chi connectivity index (χ3n) is 4.34. The van der Waals surface area contributed by atoms with Gasteiger partial charge in [0.1, 0.15) is 10.3 Å². The molecule has 0 aliphatic rings. The van der Waals surface area contributed by atoms with Crippen LogP contribution in [0.4, 0.5) is 0 Å². The number of aromatic nitrogens is 1. The smallest absolute Gasteiger partial charge is 0.340 e. The predicted molar refractivity (Wildman–Crippen MR) is 123 cm³/mol. The van der Waals surface area contributed by atoms with Crippen molar-refractivity contribution in [2.24, 2.45) is 0 Å². The number of nitrogens with one attached hydrogen (secondary N) is 1. The first kappa shape index (κ1) is 25.5. The van der Waals surface area contributed by atoms with E-state index in [0.29, 0.717) is 0 Å². The largest absolute Gasteiger partial charge is 0.598 e. The molecule has 2 aromatic rings. The van der Waals surface area contributed by atoms with E-state index in [-0.39, 0.29) is 16.2 Å². The zero-order valence-corrected chi connectivity index (χ0v) is 21.0. The maximum atomic E-state index is 13.4. The molecule has 0 saturated heterocycles. The maximum absolute atomic E-state index is 13.4. The topological polar surface area (TPSA) is 100 Å². The molecule has 0 amide bonds. The molecule has 7 nitrogen and oxygen atoms in total. The monoisotopic (exact) mass is 468 g/mol. The summed E-state index contributed by atoms with van der Waals surface area (Å²) in [6.45, 7) is 14.2. The van der Waals surface area contributed by atoms with Crippen LogP contribution in [0.3, 0.4) is 0 Å². The van der Waals surface area contributed by atoms with Gasteiger partial charge >= 0.3 is 5.97 Å². The lowest BCUT2D eigenvalue weighted by Crippen LogP contribution is -2.41. The minimum absolute atomic E-state index is 0.0924. The van der Waals surface area contributed by atoms with E-state index in [9.17, 15) is 17.8 Å². The molecule has 0 spiro atoms. The van der Waals surface area contributed by atoms with Gasteiger partial charge in [-0.3, -0.25) is 0 Å². The van der Waals surface area contributed by atoms with Crippen LogP contribution in [0, 0.1) is 6.92 Å². The van der Waals surface area contributed by atoms with Gasteiger partial charge in [-0.2, -0.15) is 0 Å². The lowest BCUT2D eigenvalue weighted by atomic mass is 10.1. The number of hydrogen-bond acceptors (Lipinski definition) is 6. The van der Waals surface area contributed by atoms with Crippen LogP contribution in [0.5, 0.6) is 0 Å². The van der Waals surface area contributed by atoms with Crippen LogP contribution in [0.1, 0.15) is 76.1 Å². The lowest BCUT2D eigenvalue weighted by molar-refractivity contribution is 0.00678. The first-order chi connectivity index (χ1) is 14.0. The number of aryl methyl sites for hydroxylation is 1. The summed E-state index contributed by atoms with van der Waals surface area (Å²) < 4.78 is 48.3. The van der Waals surface area contributed by atoms with Crippen molar-refractivity contribution in [1.82, 2.24) is 8.69 Å². The van der Waals surface area contributed by atoms with Crippen molar-refractivity contribution in [2.75, 3.05) is 0 Å². The maximum Gasteiger partial charge on any atom is 0.340 e. The van der Waals surface area contributed by atoms with Crippen molar-refractivity contribution in [3.8, 4) is 0 Å². The summed E-state index contributed by atoms with van der Waals surface area (Å²) >= 11 is -1.49. The number of benzene rings is 1. The molecule has 0 aliphatic heterocycles. The van der Waals surface area contributed by atoms with Crippen LogP contribution < -0.4 is 4.72 Å². The summed E-state index contributed by atoms with van der Waals surface area (Å²) in [5.41, 5.74) is 0.456. The molecule has 0 bridgehead atoms. The van der Waals surface area contributed by atoms with E-state index in [0.717, 1.165) is 9.54 Å². The van der Waals surface area contributed by atoms with Gasteiger partial charge in [0.05, 0.1) is 22.2 Å². The molecule has 0 radical (unpaired) electrons. The summed E-state index contributed by atoms with van der Waals surface area (Å²) in [4.78, 5) is 12.9. The molecule has 0 aliphatic carbocycles. The van der Waals surface area contributed by atoms with Gasteiger partial charge in [0.2, 0.25) is 0 Å². The van der Waals surface area contributed by atoms with Gasteiger partial charge in [-0.05, 0) is 73.6 Å². The van der Waals surface area contributed by atoms with Crippen molar-refractivity contribution in [1.29, 1.82) is 0 Å². The fourth-order valence-electron chi connectivity index (χ4n) is 2.78. The Balaban J connectivity index is 2.61. The molecule has 1 aromatic heterocycles. The Kier molecular flexibility index (Phi) is 7.37. The van der Waals surface area contributed by atoms with E-state index in [1.807, 2.05) is 6.92 Å². The van der Waals surface area contributed by atoms with E-state index in [4.69, 9.17) is 4.74 Å². The second-order valence-electron chi connectivity index (χ2n) is 9.45. The van der Waals surface area contributed by atoms with Crippen molar-refractivity contribution in [2.45, 2.75) is 76.7 Å². The van der Waals surface area contributed by atoms with Gasteiger partial charge in [0.15, 0.2) is 0 Å². The predicted octanol–water partition coefficient (Wildman–Crippen LogP) is 4.10. The lowest BCUT2D eigenvalue weighted by Gasteiger charge is -2.27. The SMILES string of the molecule is Cc1ccc(S(=O)(=O)n2ccc(C(=O)OC(C)(C)C)c2[C@@H](C)N[S+]([O-])C(C)(C)C)cc1. The Labute approximate surface area is 188 Å². The zero-order chi connectivity index (χ0) is 23.8. The number of carbonyl (C=O) groups excluding carboxylic acids is 1. The number of esters is 1. The first-order valence-electron chi connectivity index (χ1n) is 9.99. The molecular formula is C22H32N2O5S2. The van der Waals surface area contributed by atoms with Gasteiger partial charge in [-0.25, -0.2) is 17.2 Å². The Morgan fingerprint density at radius 1 is 1.10 bits per heavy atom. The highest BCUT2D eigenvalue weighted by molar-refractivity contribution is 7.91. The quantitative estimate of drug-likeness (QED) is 0.506. The van der Waals surface area contributed by atoms with Crippen LogP contribution >= 0.6 is 0 Å². The molecule has 9 heteroatoms.